The number of aliphatic carboxylic acids is 1. The van der Waals surface area contributed by atoms with Gasteiger partial charge in [-0.15, -0.1) is 0 Å². The lowest BCUT2D eigenvalue weighted by Crippen LogP contribution is -2.33. The molecular formula is C29H29NO5S2. The first-order valence-corrected chi connectivity index (χ1v) is 12.9. The van der Waals surface area contributed by atoms with E-state index in [1.807, 2.05) is 68.5 Å². The van der Waals surface area contributed by atoms with Gasteiger partial charge in [-0.25, -0.2) is 0 Å². The Hall–Kier alpha value is -3.62. The maximum absolute atomic E-state index is 12.7. The number of allylic oxidation sites excluding steroid dienone is 3. The van der Waals surface area contributed by atoms with Gasteiger partial charge in [0.15, 0.2) is 11.5 Å². The van der Waals surface area contributed by atoms with Crippen molar-refractivity contribution < 1.29 is 24.2 Å². The number of thiocarbonyl (C=S) groups is 1. The van der Waals surface area contributed by atoms with Crippen LogP contribution in [-0.4, -0.2) is 45.5 Å². The number of benzene rings is 2. The molecule has 1 fully saturated rings. The number of thioether (sulfide) groups is 1. The summed E-state index contributed by atoms with van der Waals surface area (Å²) in [7, 11) is 0. The fourth-order valence-electron chi connectivity index (χ4n) is 3.58. The Morgan fingerprint density at radius 3 is 2.65 bits per heavy atom. The van der Waals surface area contributed by atoms with Crippen molar-refractivity contribution in [3.63, 3.8) is 0 Å². The first-order valence-electron chi connectivity index (χ1n) is 11.7. The summed E-state index contributed by atoms with van der Waals surface area (Å²) in [6.07, 6.45) is 9.61. The smallest absolute Gasteiger partial charge is 0.323 e. The highest BCUT2D eigenvalue weighted by Gasteiger charge is 2.33. The van der Waals surface area contributed by atoms with Crippen LogP contribution in [0.4, 0.5) is 0 Å². The summed E-state index contributed by atoms with van der Waals surface area (Å²) in [4.78, 5) is 25.2. The molecular weight excluding hydrogens is 506 g/mol. The van der Waals surface area contributed by atoms with Crippen molar-refractivity contribution in [3.05, 3.63) is 101 Å². The number of ether oxygens (including phenoxy) is 2. The lowest BCUT2D eigenvalue weighted by atomic mass is 10.1. The third-order valence-electron chi connectivity index (χ3n) is 5.45. The molecule has 0 radical (unpaired) electrons. The molecule has 1 N–H and O–H groups in total. The number of carbonyl (C=O) groups excluding carboxylic acids is 1. The SMILES string of the molecule is C=C/C=C\C(=C/C)C(C)Oc1cc(/C=C2/SC(=S)N(CC(=O)O)C2=O)ccc1OCCc1ccccc1. The maximum atomic E-state index is 12.7. The molecule has 1 atom stereocenters. The Labute approximate surface area is 227 Å². The molecule has 0 aliphatic carbocycles. The van der Waals surface area contributed by atoms with Crippen molar-refractivity contribution in [1.82, 2.24) is 4.90 Å². The molecule has 1 aliphatic rings. The van der Waals surface area contributed by atoms with Gasteiger partial charge < -0.3 is 14.6 Å². The van der Waals surface area contributed by atoms with Crippen molar-refractivity contribution in [1.29, 1.82) is 0 Å². The number of rotatable bonds is 12. The van der Waals surface area contributed by atoms with Crippen LogP contribution < -0.4 is 9.47 Å². The molecule has 0 aromatic heterocycles. The molecule has 1 heterocycles. The lowest BCUT2D eigenvalue weighted by molar-refractivity contribution is -0.140. The largest absolute Gasteiger partial charge is 0.489 e. The lowest BCUT2D eigenvalue weighted by Gasteiger charge is -2.19. The van der Waals surface area contributed by atoms with E-state index in [0.29, 0.717) is 28.6 Å². The van der Waals surface area contributed by atoms with E-state index in [-0.39, 0.29) is 10.4 Å². The summed E-state index contributed by atoms with van der Waals surface area (Å²) in [5, 5.41) is 9.07. The van der Waals surface area contributed by atoms with Gasteiger partial charge in [0.1, 0.15) is 17.0 Å². The van der Waals surface area contributed by atoms with Gasteiger partial charge in [0.25, 0.3) is 5.91 Å². The highest BCUT2D eigenvalue weighted by atomic mass is 32.2. The van der Waals surface area contributed by atoms with Gasteiger partial charge in [-0.05, 0) is 48.8 Å². The van der Waals surface area contributed by atoms with Gasteiger partial charge in [0.05, 0.1) is 11.5 Å². The molecule has 2 aromatic rings. The Morgan fingerprint density at radius 2 is 1.97 bits per heavy atom. The minimum absolute atomic E-state index is 0.219. The van der Waals surface area contributed by atoms with Gasteiger partial charge in [0.2, 0.25) is 0 Å². The van der Waals surface area contributed by atoms with E-state index < -0.39 is 18.4 Å². The Balaban J connectivity index is 1.86. The summed E-state index contributed by atoms with van der Waals surface area (Å²) < 4.78 is 12.6. The second kappa shape index (κ2) is 13.6. The second-order valence-corrected chi connectivity index (χ2v) is 9.77. The molecule has 1 amide bonds. The zero-order valence-electron chi connectivity index (χ0n) is 20.8. The standard InChI is InChI=1S/C29H29NO5S2/c1-4-6-12-23(5-2)20(3)35-25-17-22(18-26-28(33)30(19-27(31)32)29(36)37-26)13-14-24(25)34-16-15-21-10-8-7-9-11-21/h4-14,17-18,20H,1,15-16,19H2,2-3H3,(H,31,32)/b12-6-,23-5+,26-18+. The van der Waals surface area contributed by atoms with Crippen molar-refractivity contribution in [2.75, 3.05) is 13.2 Å². The molecule has 2 aromatic carbocycles. The van der Waals surface area contributed by atoms with Gasteiger partial charge in [-0.2, -0.15) is 0 Å². The van der Waals surface area contributed by atoms with E-state index in [4.69, 9.17) is 26.8 Å². The monoisotopic (exact) mass is 535 g/mol. The molecule has 0 spiro atoms. The number of carbonyl (C=O) groups is 2. The normalized spacial score (nSPS) is 15.9. The summed E-state index contributed by atoms with van der Waals surface area (Å²) in [5.41, 5.74) is 2.84. The van der Waals surface area contributed by atoms with E-state index in [1.165, 1.54) is 5.56 Å². The molecule has 1 unspecified atom stereocenters. The predicted molar refractivity (Wildman–Crippen MR) is 153 cm³/mol. The molecule has 6 nitrogen and oxygen atoms in total. The minimum Gasteiger partial charge on any atom is -0.489 e. The maximum Gasteiger partial charge on any atom is 0.323 e. The number of amides is 1. The van der Waals surface area contributed by atoms with Crippen molar-refractivity contribution in [2.24, 2.45) is 0 Å². The molecule has 3 rings (SSSR count). The van der Waals surface area contributed by atoms with Crippen LogP contribution in [-0.2, 0) is 16.0 Å². The average molecular weight is 536 g/mol. The van der Waals surface area contributed by atoms with Gasteiger partial charge in [-0.3, -0.25) is 14.5 Å². The van der Waals surface area contributed by atoms with Gasteiger partial charge >= 0.3 is 5.97 Å². The summed E-state index contributed by atoms with van der Waals surface area (Å²) in [5.74, 6) is -0.435. The van der Waals surface area contributed by atoms with Crippen LogP contribution in [0.25, 0.3) is 6.08 Å². The van der Waals surface area contributed by atoms with Crippen LogP contribution in [0.2, 0.25) is 0 Å². The Morgan fingerprint density at radius 1 is 1.22 bits per heavy atom. The zero-order valence-corrected chi connectivity index (χ0v) is 22.4. The zero-order chi connectivity index (χ0) is 26.8. The highest BCUT2D eigenvalue weighted by molar-refractivity contribution is 8.26. The molecule has 8 heteroatoms. The third-order valence-corrected chi connectivity index (χ3v) is 6.83. The first-order chi connectivity index (χ1) is 17.8. The van der Waals surface area contributed by atoms with Crippen molar-refractivity contribution >= 4 is 46.3 Å². The number of carboxylic acid groups (broad SMARTS) is 1. The van der Waals surface area contributed by atoms with E-state index in [0.717, 1.165) is 28.7 Å². The quantitative estimate of drug-likeness (QED) is 0.201. The molecule has 37 heavy (non-hydrogen) atoms. The minimum atomic E-state index is -1.12. The molecule has 1 saturated heterocycles. The topological polar surface area (TPSA) is 76.1 Å². The van der Waals surface area contributed by atoms with Crippen molar-refractivity contribution in [3.8, 4) is 11.5 Å². The summed E-state index contributed by atoms with van der Waals surface area (Å²) in [6, 6.07) is 15.5. The van der Waals surface area contributed by atoms with E-state index in [1.54, 1.807) is 12.2 Å². The molecule has 1 aliphatic heterocycles. The molecule has 0 bridgehead atoms. The Bertz CT molecular complexity index is 1250. The number of carboxylic acids is 1. The Kier molecular flexibility index (Phi) is 10.3. The van der Waals surface area contributed by atoms with E-state index in [2.05, 4.69) is 18.7 Å². The number of hydrogen-bond acceptors (Lipinski definition) is 6. The van der Waals surface area contributed by atoms with Crippen LogP contribution in [0.3, 0.4) is 0 Å². The van der Waals surface area contributed by atoms with Crippen LogP contribution >= 0.6 is 24.0 Å². The molecule has 0 saturated carbocycles. The van der Waals surface area contributed by atoms with Crippen LogP contribution in [0.1, 0.15) is 25.0 Å². The molecule has 192 valence electrons. The van der Waals surface area contributed by atoms with Crippen molar-refractivity contribution in [2.45, 2.75) is 26.4 Å². The fourth-order valence-corrected chi connectivity index (χ4v) is 4.83. The third kappa shape index (κ3) is 7.93. The van der Waals surface area contributed by atoms with E-state index in [9.17, 15) is 9.59 Å². The van der Waals surface area contributed by atoms with Gasteiger partial charge in [-0.1, -0.05) is 91.3 Å². The summed E-state index contributed by atoms with van der Waals surface area (Å²) in [6.45, 7) is 7.61. The average Bonchev–Trinajstić information content (AvgIpc) is 3.13. The number of hydrogen-bond donors (Lipinski definition) is 1. The highest BCUT2D eigenvalue weighted by Crippen LogP contribution is 2.35. The van der Waals surface area contributed by atoms with Crippen LogP contribution in [0, 0.1) is 0 Å². The van der Waals surface area contributed by atoms with Crippen LogP contribution in [0.15, 0.2) is 89.9 Å². The number of nitrogens with zero attached hydrogens (tertiary/aromatic N) is 1. The van der Waals surface area contributed by atoms with Crippen LogP contribution in [0.5, 0.6) is 11.5 Å². The second-order valence-electron chi connectivity index (χ2n) is 8.10. The fraction of sp³-hybridized carbons (Fsp3) is 0.207. The predicted octanol–water partition coefficient (Wildman–Crippen LogP) is 6.05. The first kappa shape index (κ1) is 28.0. The van der Waals surface area contributed by atoms with E-state index >= 15 is 0 Å². The summed E-state index contributed by atoms with van der Waals surface area (Å²) >= 11 is 6.27. The van der Waals surface area contributed by atoms with Gasteiger partial charge in [0, 0.05) is 6.42 Å².